The SMILES string of the molecule is CCCN1CCCCC1C(=O)NCc1ccccc1Cl. The van der Waals surface area contributed by atoms with Crippen molar-refractivity contribution in [3.8, 4) is 0 Å². The molecule has 1 aromatic carbocycles. The van der Waals surface area contributed by atoms with Gasteiger partial charge in [-0.3, -0.25) is 9.69 Å². The molecule has 0 aromatic heterocycles. The lowest BCUT2D eigenvalue weighted by Gasteiger charge is -2.34. The van der Waals surface area contributed by atoms with E-state index in [0.717, 1.165) is 37.9 Å². The molecule has 110 valence electrons. The number of rotatable bonds is 5. The predicted octanol–water partition coefficient (Wildman–Crippen LogP) is 3.22. The fourth-order valence-electron chi connectivity index (χ4n) is 2.78. The Bertz CT molecular complexity index is 448. The van der Waals surface area contributed by atoms with Gasteiger partial charge in [-0.1, -0.05) is 43.1 Å². The van der Waals surface area contributed by atoms with Crippen LogP contribution >= 0.6 is 11.6 Å². The topological polar surface area (TPSA) is 32.3 Å². The van der Waals surface area contributed by atoms with Crippen molar-refractivity contribution in [1.82, 2.24) is 10.2 Å². The van der Waals surface area contributed by atoms with Crippen LogP contribution in [0.3, 0.4) is 0 Å². The smallest absolute Gasteiger partial charge is 0.237 e. The first kappa shape index (κ1) is 15.3. The van der Waals surface area contributed by atoms with Crippen LogP contribution in [-0.2, 0) is 11.3 Å². The van der Waals surface area contributed by atoms with E-state index in [1.807, 2.05) is 24.3 Å². The van der Waals surface area contributed by atoms with Gasteiger partial charge in [-0.25, -0.2) is 0 Å². The van der Waals surface area contributed by atoms with Crippen molar-refractivity contribution >= 4 is 17.5 Å². The molecular formula is C16H23ClN2O. The summed E-state index contributed by atoms with van der Waals surface area (Å²) in [6, 6.07) is 7.68. The molecule has 1 aliphatic rings. The highest BCUT2D eigenvalue weighted by Crippen LogP contribution is 2.18. The molecule has 4 heteroatoms. The normalized spacial score (nSPS) is 19.8. The summed E-state index contributed by atoms with van der Waals surface area (Å²) in [5.74, 6) is 0.137. The molecule has 3 nitrogen and oxygen atoms in total. The van der Waals surface area contributed by atoms with Crippen LogP contribution in [-0.4, -0.2) is 29.9 Å². The van der Waals surface area contributed by atoms with Crippen molar-refractivity contribution in [3.05, 3.63) is 34.9 Å². The van der Waals surface area contributed by atoms with E-state index in [9.17, 15) is 4.79 Å². The molecule has 0 radical (unpaired) electrons. The first-order valence-electron chi connectivity index (χ1n) is 7.47. The van der Waals surface area contributed by atoms with Crippen molar-refractivity contribution in [2.75, 3.05) is 13.1 Å². The summed E-state index contributed by atoms with van der Waals surface area (Å²) in [4.78, 5) is 14.7. The molecule has 1 atom stereocenters. The van der Waals surface area contributed by atoms with Crippen LogP contribution in [0.25, 0.3) is 0 Å². The highest BCUT2D eigenvalue weighted by atomic mass is 35.5. The van der Waals surface area contributed by atoms with Crippen molar-refractivity contribution in [2.24, 2.45) is 0 Å². The van der Waals surface area contributed by atoms with Crippen molar-refractivity contribution in [1.29, 1.82) is 0 Å². The second-order valence-corrected chi connectivity index (χ2v) is 5.76. The maximum absolute atomic E-state index is 12.4. The standard InChI is InChI=1S/C16H23ClN2O/c1-2-10-19-11-6-5-9-15(19)16(20)18-12-13-7-3-4-8-14(13)17/h3-4,7-8,15H,2,5-6,9-12H2,1H3,(H,18,20). The van der Waals surface area contributed by atoms with Crippen LogP contribution in [0.5, 0.6) is 0 Å². The molecule has 0 bridgehead atoms. The Kier molecular flexibility index (Phi) is 5.86. The summed E-state index contributed by atoms with van der Waals surface area (Å²) >= 11 is 6.11. The number of halogens is 1. The number of nitrogens with zero attached hydrogens (tertiary/aromatic N) is 1. The lowest BCUT2D eigenvalue weighted by molar-refractivity contribution is -0.127. The minimum absolute atomic E-state index is 0.0335. The average Bonchev–Trinajstić information content (AvgIpc) is 2.47. The second kappa shape index (κ2) is 7.65. The Balaban J connectivity index is 1.91. The molecule has 0 spiro atoms. The molecule has 1 aliphatic heterocycles. The molecule has 0 aliphatic carbocycles. The molecule has 1 aromatic rings. The van der Waals surface area contributed by atoms with Gasteiger partial charge in [0.2, 0.25) is 5.91 Å². The fraction of sp³-hybridized carbons (Fsp3) is 0.562. The molecular weight excluding hydrogens is 272 g/mol. The quantitative estimate of drug-likeness (QED) is 0.904. The number of piperidine rings is 1. The number of hydrogen-bond donors (Lipinski definition) is 1. The highest BCUT2D eigenvalue weighted by molar-refractivity contribution is 6.31. The van der Waals surface area contributed by atoms with E-state index < -0.39 is 0 Å². The number of likely N-dealkylation sites (tertiary alicyclic amines) is 1. The van der Waals surface area contributed by atoms with Crippen LogP contribution in [0.15, 0.2) is 24.3 Å². The molecule has 1 saturated heterocycles. The van der Waals surface area contributed by atoms with Gasteiger partial charge in [0.1, 0.15) is 0 Å². The first-order chi connectivity index (χ1) is 9.72. The van der Waals surface area contributed by atoms with E-state index in [1.165, 1.54) is 6.42 Å². The Morgan fingerprint density at radius 1 is 1.40 bits per heavy atom. The van der Waals surface area contributed by atoms with Crippen LogP contribution in [0.1, 0.15) is 38.2 Å². The molecule has 1 N–H and O–H groups in total. The third-order valence-electron chi connectivity index (χ3n) is 3.84. The number of nitrogens with one attached hydrogen (secondary N) is 1. The zero-order valence-electron chi connectivity index (χ0n) is 12.1. The Labute approximate surface area is 126 Å². The lowest BCUT2D eigenvalue weighted by atomic mass is 10.0. The van der Waals surface area contributed by atoms with E-state index in [1.54, 1.807) is 0 Å². The third-order valence-corrected chi connectivity index (χ3v) is 4.21. The van der Waals surface area contributed by atoms with E-state index in [0.29, 0.717) is 11.6 Å². The molecule has 2 rings (SSSR count). The number of hydrogen-bond acceptors (Lipinski definition) is 2. The van der Waals surface area contributed by atoms with Gasteiger partial charge in [0.15, 0.2) is 0 Å². The molecule has 1 heterocycles. The van der Waals surface area contributed by atoms with Gasteiger partial charge in [-0.15, -0.1) is 0 Å². The number of amides is 1. The van der Waals surface area contributed by atoms with Crippen LogP contribution in [0, 0.1) is 0 Å². The van der Waals surface area contributed by atoms with E-state index in [2.05, 4.69) is 17.1 Å². The maximum Gasteiger partial charge on any atom is 0.237 e. The average molecular weight is 295 g/mol. The van der Waals surface area contributed by atoms with Crippen molar-refractivity contribution in [2.45, 2.75) is 45.2 Å². The summed E-state index contributed by atoms with van der Waals surface area (Å²) < 4.78 is 0. The molecule has 0 saturated carbocycles. The Hall–Kier alpha value is -1.06. The highest BCUT2D eigenvalue weighted by Gasteiger charge is 2.27. The number of carbonyl (C=O) groups is 1. The van der Waals surface area contributed by atoms with Gasteiger partial charge in [-0.2, -0.15) is 0 Å². The Morgan fingerprint density at radius 2 is 2.20 bits per heavy atom. The maximum atomic E-state index is 12.4. The number of benzene rings is 1. The monoisotopic (exact) mass is 294 g/mol. The molecule has 1 amide bonds. The summed E-state index contributed by atoms with van der Waals surface area (Å²) in [6.45, 7) is 4.71. The molecule has 20 heavy (non-hydrogen) atoms. The predicted molar refractivity (Wildman–Crippen MR) is 82.8 cm³/mol. The minimum atomic E-state index is 0.0335. The van der Waals surface area contributed by atoms with Gasteiger partial charge < -0.3 is 5.32 Å². The van der Waals surface area contributed by atoms with Gasteiger partial charge >= 0.3 is 0 Å². The minimum Gasteiger partial charge on any atom is -0.351 e. The van der Waals surface area contributed by atoms with E-state index in [4.69, 9.17) is 11.6 Å². The van der Waals surface area contributed by atoms with Gasteiger partial charge in [0.05, 0.1) is 6.04 Å². The zero-order valence-corrected chi connectivity index (χ0v) is 12.8. The zero-order chi connectivity index (χ0) is 14.4. The van der Waals surface area contributed by atoms with Crippen molar-refractivity contribution < 1.29 is 4.79 Å². The van der Waals surface area contributed by atoms with Gasteiger partial charge in [0.25, 0.3) is 0 Å². The molecule has 1 unspecified atom stereocenters. The van der Waals surface area contributed by atoms with Gasteiger partial charge in [0, 0.05) is 11.6 Å². The summed E-state index contributed by atoms with van der Waals surface area (Å²) in [7, 11) is 0. The van der Waals surface area contributed by atoms with Crippen LogP contribution < -0.4 is 5.32 Å². The van der Waals surface area contributed by atoms with Crippen LogP contribution in [0.2, 0.25) is 5.02 Å². The second-order valence-electron chi connectivity index (χ2n) is 5.36. The van der Waals surface area contributed by atoms with E-state index >= 15 is 0 Å². The Morgan fingerprint density at radius 3 is 2.95 bits per heavy atom. The summed E-state index contributed by atoms with van der Waals surface area (Å²) in [5, 5.41) is 3.74. The first-order valence-corrected chi connectivity index (χ1v) is 7.85. The largest absolute Gasteiger partial charge is 0.351 e. The van der Waals surface area contributed by atoms with Gasteiger partial charge in [-0.05, 0) is 44.0 Å². The fourth-order valence-corrected chi connectivity index (χ4v) is 2.99. The summed E-state index contributed by atoms with van der Waals surface area (Å²) in [6.07, 6.45) is 4.40. The summed E-state index contributed by atoms with van der Waals surface area (Å²) in [5.41, 5.74) is 0.973. The lowest BCUT2D eigenvalue weighted by Crippen LogP contribution is -2.49. The number of carbonyl (C=O) groups excluding carboxylic acids is 1. The molecule has 1 fully saturated rings. The van der Waals surface area contributed by atoms with Crippen molar-refractivity contribution in [3.63, 3.8) is 0 Å². The third kappa shape index (κ3) is 3.97. The van der Waals surface area contributed by atoms with E-state index in [-0.39, 0.29) is 11.9 Å². The van der Waals surface area contributed by atoms with Crippen LogP contribution in [0.4, 0.5) is 0 Å².